The standard InChI is InChI=1S/C18H18ClNO3/c1-3-12-22-15-10-8-14(9-11-15)20-18(21)13(2)23-17-7-5-4-6-16(17)19/h3-11,13H,1,12H2,2H3,(H,20,21)/t13-/m0/s1. The fourth-order valence-electron chi connectivity index (χ4n) is 1.82. The topological polar surface area (TPSA) is 47.6 Å². The van der Waals surface area contributed by atoms with Crippen LogP contribution in [0.15, 0.2) is 61.2 Å². The molecule has 0 aliphatic carbocycles. The van der Waals surface area contributed by atoms with Gasteiger partial charge in [0.05, 0.1) is 5.02 Å². The number of benzene rings is 2. The molecular weight excluding hydrogens is 314 g/mol. The van der Waals surface area contributed by atoms with Crippen molar-refractivity contribution in [1.29, 1.82) is 0 Å². The van der Waals surface area contributed by atoms with E-state index in [9.17, 15) is 4.79 Å². The van der Waals surface area contributed by atoms with E-state index >= 15 is 0 Å². The zero-order valence-electron chi connectivity index (χ0n) is 12.8. The Bertz CT molecular complexity index is 670. The number of para-hydroxylation sites is 1. The van der Waals surface area contributed by atoms with Gasteiger partial charge in [0.2, 0.25) is 0 Å². The minimum atomic E-state index is -0.674. The molecule has 0 aliphatic heterocycles. The number of ether oxygens (including phenoxy) is 2. The van der Waals surface area contributed by atoms with Crippen LogP contribution in [0.1, 0.15) is 6.92 Å². The van der Waals surface area contributed by atoms with E-state index in [2.05, 4.69) is 11.9 Å². The molecule has 0 heterocycles. The third kappa shape index (κ3) is 5.04. The van der Waals surface area contributed by atoms with Crippen LogP contribution in [0.25, 0.3) is 0 Å². The minimum absolute atomic E-state index is 0.260. The van der Waals surface area contributed by atoms with E-state index in [1.807, 2.05) is 0 Å². The van der Waals surface area contributed by atoms with Crippen molar-refractivity contribution >= 4 is 23.2 Å². The van der Waals surface area contributed by atoms with Crippen LogP contribution in [-0.4, -0.2) is 18.6 Å². The van der Waals surface area contributed by atoms with Gasteiger partial charge in [0.15, 0.2) is 6.10 Å². The average molecular weight is 332 g/mol. The van der Waals surface area contributed by atoms with Gasteiger partial charge in [-0.1, -0.05) is 36.4 Å². The van der Waals surface area contributed by atoms with Gasteiger partial charge in [-0.3, -0.25) is 4.79 Å². The van der Waals surface area contributed by atoms with Crippen molar-refractivity contribution in [2.75, 3.05) is 11.9 Å². The monoisotopic (exact) mass is 331 g/mol. The zero-order valence-corrected chi connectivity index (χ0v) is 13.5. The molecular formula is C18H18ClNO3. The first kappa shape index (κ1) is 16.9. The Morgan fingerprint density at radius 1 is 1.26 bits per heavy atom. The highest BCUT2D eigenvalue weighted by atomic mass is 35.5. The lowest BCUT2D eigenvalue weighted by molar-refractivity contribution is -0.122. The summed E-state index contributed by atoms with van der Waals surface area (Å²) in [5.74, 6) is 0.929. The van der Waals surface area contributed by atoms with Crippen LogP contribution in [0.5, 0.6) is 11.5 Å². The molecule has 0 aliphatic rings. The van der Waals surface area contributed by atoms with Crippen LogP contribution in [0.2, 0.25) is 5.02 Å². The fraction of sp³-hybridized carbons (Fsp3) is 0.167. The minimum Gasteiger partial charge on any atom is -0.490 e. The molecule has 1 atom stereocenters. The van der Waals surface area contributed by atoms with Gasteiger partial charge in [-0.25, -0.2) is 0 Å². The lowest BCUT2D eigenvalue weighted by atomic mass is 10.2. The Labute approximate surface area is 140 Å². The Balaban J connectivity index is 1.93. The van der Waals surface area contributed by atoms with E-state index in [4.69, 9.17) is 21.1 Å². The van der Waals surface area contributed by atoms with Gasteiger partial charge in [-0.15, -0.1) is 0 Å². The summed E-state index contributed by atoms with van der Waals surface area (Å²) in [6, 6.07) is 14.1. The van der Waals surface area contributed by atoms with Crippen molar-refractivity contribution in [2.24, 2.45) is 0 Å². The summed E-state index contributed by atoms with van der Waals surface area (Å²) in [6.07, 6.45) is 0.996. The van der Waals surface area contributed by atoms with Gasteiger partial charge in [-0.05, 0) is 43.3 Å². The molecule has 23 heavy (non-hydrogen) atoms. The predicted octanol–water partition coefficient (Wildman–Crippen LogP) is 4.31. The van der Waals surface area contributed by atoms with Crippen molar-refractivity contribution in [3.8, 4) is 11.5 Å². The first-order valence-corrected chi connectivity index (χ1v) is 7.53. The lowest BCUT2D eigenvalue weighted by Gasteiger charge is -2.15. The van der Waals surface area contributed by atoms with Gasteiger partial charge in [0.1, 0.15) is 18.1 Å². The summed E-state index contributed by atoms with van der Waals surface area (Å²) >= 11 is 6.01. The SMILES string of the molecule is C=CCOc1ccc(NC(=O)[C@H](C)Oc2ccccc2Cl)cc1. The third-order valence-electron chi connectivity index (χ3n) is 3.00. The number of anilines is 1. The van der Waals surface area contributed by atoms with Gasteiger partial charge >= 0.3 is 0 Å². The molecule has 1 amide bonds. The fourth-order valence-corrected chi connectivity index (χ4v) is 2.00. The van der Waals surface area contributed by atoms with Gasteiger partial charge in [0.25, 0.3) is 5.91 Å². The van der Waals surface area contributed by atoms with Crippen molar-refractivity contribution in [3.05, 3.63) is 66.2 Å². The van der Waals surface area contributed by atoms with Gasteiger partial charge < -0.3 is 14.8 Å². The Morgan fingerprint density at radius 3 is 2.61 bits per heavy atom. The zero-order chi connectivity index (χ0) is 16.7. The number of nitrogens with one attached hydrogen (secondary N) is 1. The smallest absolute Gasteiger partial charge is 0.265 e. The highest BCUT2D eigenvalue weighted by Gasteiger charge is 2.16. The second kappa shape index (κ2) is 8.25. The highest BCUT2D eigenvalue weighted by molar-refractivity contribution is 6.32. The Hall–Kier alpha value is -2.46. The number of carbonyl (C=O) groups is 1. The van der Waals surface area contributed by atoms with E-state index < -0.39 is 6.10 Å². The number of hydrogen-bond acceptors (Lipinski definition) is 3. The number of amides is 1. The third-order valence-corrected chi connectivity index (χ3v) is 3.31. The molecule has 2 aromatic carbocycles. The van der Waals surface area contributed by atoms with Crippen LogP contribution in [-0.2, 0) is 4.79 Å². The summed E-state index contributed by atoms with van der Waals surface area (Å²) in [4.78, 5) is 12.2. The van der Waals surface area contributed by atoms with E-state index in [-0.39, 0.29) is 5.91 Å². The number of halogens is 1. The molecule has 4 nitrogen and oxygen atoms in total. The average Bonchev–Trinajstić information content (AvgIpc) is 2.56. The second-order valence-electron chi connectivity index (χ2n) is 4.80. The van der Waals surface area contributed by atoms with Crippen LogP contribution in [0.4, 0.5) is 5.69 Å². The van der Waals surface area contributed by atoms with E-state index in [0.717, 1.165) is 0 Å². The number of carbonyl (C=O) groups excluding carboxylic acids is 1. The molecule has 2 rings (SSSR count). The molecule has 0 aromatic heterocycles. The van der Waals surface area contributed by atoms with Crippen LogP contribution >= 0.6 is 11.6 Å². The summed E-state index contributed by atoms with van der Waals surface area (Å²) in [5, 5.41) is 3.25. The predicted molar refractivity (Wildman–Crippen MR) is 92.3 cm³/mol. The molecule has 5 heteroatoms. The van der Waals surface area contributed by atoms with Crippen molar-refractivity contribution in [3.63, 3.8) is 0 Å². The first-order valence-electron chi connectivity index (χ1n) is 7.16. The second-order valence-corrected chi connectivity index (χ2v) is 5.21. The maximum absolute atomic E-state index is 12.2. The van der Waals surface area contributed by atoms with Crippen molar-refractivity contribution in [2.45, 2.75) is 13.0 Å². The molecule has 0 radical (unpaired) electrons. The van der Waals surface area contributed by atoms with E-state index in [1.54, 1.807) is 61.5 Å². The number of hydrogen-bond donors (Lipinski definition) is 1. The molecule has 1 N–H and O–H groups in total. The Morgan fingerprint density at radius 2 is 1.96 bits per heavy atom. The summed E-state index contributed by atoms with van der Waals surface area (Å²) in [6.45, 7) is 5.69. The normalized spacial score (nSPS) is 11.4. The molecule has 0 bridgehead atoms. The van der Waals surface area contributed by atoms with Gasteiger partial charge in [0, 0.05) is 5.69 Å². The number of rotatable bonds is 7. The Kier molecular flexibility index (Phi) is 6.06. The maximum atomic E-state index is 12.2. The van der Waals surface area contributed by atoms with Crippen molar-refractivity contribution in [1.82, 2.24) is 0 Å². The van der Waals surface area contributed by atoms with Crippen LogP contribution in [0, 0.1) is 0 Å². The van der Waals surface area contributed by atoms with Crippen LogP contribution < -0.4 is 14.8 Å². The molecule has 2 aromatic rings. The first-order chi connectivity index (χ1) is 11.1. The maximum Gasteiger partial charge on any atom is 0.265 e. The molecule has 0 unspecified atom stereocenters. The van der Waals surface area contributed by atoms with E-state index in [1.165, 1.54) is 0 Å². The molecule has 120 valence electrons. The van der Waals surface area contributed by atoms with Crippen molar-refractivity contribution < 1.29 is 14.3 Å². The lowest BCUT2D eigenvalue weighted by Crippen LogP contribution is -2.30. The quantitative estimate of drug-likeness (QED) is 0.769. The summed E-state index contributed by atoms with van der Waals surface area (Å²) in [5.41, 5.74) is 0.663. The summed E-state index contributed by atoms with van der Waals surface area (Å²) < 4.78 is 11.0. The molecule has 0 saturated carbocycles. The molecule has 0 spiro atoms. The molecule has 0 fully saturated rings. The van der Waals surface area contributed by atoms with Gasteiger partial charge in [-0.2, -0.15) is 0 Å². The highest BCUT2D eigenvalue weighted by Crippen LogP contribution is 2.24. The summed E-state index contributed by atoms with van der Waals surface area (Å²) in [7, 11) is 0. The molecule has 0 saturated heterocycles. The van der Waals surface area contributed by atoms with E-state index in [0.29, 0.717) is 28.8 Å². The van der Waals surface area contributed by atoms with Crippen LogP contribution in [0.3, 0.4) is 0 Å². The largest absolute Gasteiger partial charge is 0.490 e.